The summed E-state index contributed by atoms with van der Waals surface area (Å²) in [5.41, 5.74) is 0.125. The number of hydrogen-bond donors (Lipinski definition) is 1. The highest BCUT2D eigenvalue weighted by Gasteiger charge is 2.46. The number of thioether (sulfide) groups is 1. The summed E-state index contributed by atoms with van der Waals surface area (Å²) >= 11 is 1.60. The molecule has 1 N–H and O–H groups in total. The summed E-state index contributed by atoms with van der Waals surface area (Å²) < 4.78 is 5.36. The van der Waals surface area contributed by atoms with Crippen LogP contribution in [-0.2, 0) is 16.1 Å². The van der Waals surface area contributed by atoms with E-state index in [0.29, 0.717) is 19.4 Å². The molecule has 1 amide bonds. The average molecular weight is 337 g/mol. The number of methoxy groups -OCH3 is 1. The maximum absolute atomic E-state index is 12.4. The molecule has 1 aliphatic carbocycles. The molecule has 1 fully saturated rings. The predicted molar refractivity (Wildman–Crippen MR) is 89.8 cm³/mol. The summed E-state index contributed by atoms with van der Waals surface area (Å²) in [5.74, 6) is -0.187. The highest BCUT2D eigenvalue weighted by Crippen LogP contribution is 2.44. The molecule has 126 valence electrons. The third-order valence-electron chi connectivity index (χ3n) is 4.55. The van der Waals surface area contributed by atoms with Gasteiger partial charge in [0.15, 0.2) is 0 Å². The number of carbonyl (C=O) groups is 2. The zero-order valence-corrected chi connectivity index (χ0v) is 14.6. The molecular weight excluding hydrogens is 314 g/mol. The fourth-order valence-corrected chi connectivity index (χ4v) is 3.38. The molecule has 2 rings (SSSR count). The van der Waals surface area contributed by atoms with Crippen molar-refractivity contribution in [1.29, 1.82) is 0 Å². The Morgan fingerprint density at radius 3 is 2.57 bits per heavy atom. The number of carbonyl (C=O) groups excluding carboxylic acids is 1. The third kappa shape index (κ3) is 3.80. The molecule has 1 aliphatic rings. The van der Waals surface area contributed by atoms with Crippen LogP contribution in [-0.4, -0.2) is 42.3 Å². The van der Waals surface area contributed by atoms with Crippen molar-refractivity contribution in [2.45, 2.75) is 37.1 Å². The first-order chi connectivity index (χ1) is 10.9. The molecule has 0 radical (unpaired) electrons. The van der Waals surface area contributed by atoms with Crippen molar-refractivity contribution in [1.82, 2.24) is 4.90 Å². The second-order valence-electron chi connectivity index (χ2n) is 6.05. The number of nitrogens with zero attached hydrogens (tertiary/aromatic N) is 1. The number of hydrogen-bond acceptors (Lipinski definition) is 4. The number of carboxylic acids is 1. The molecule has 0 aromatic heterocycles. The number of aliphatic carboxylic acids is 1. The molecular formula is C17H23NO4S. The van der Waals surface area contributed by atoms with Crippen LogP contribution >= 0.6 is 11.8 Å². The number of amides is 1. The van der Waals surface area contributed by atoms with Crippen molar-refractivity contribution in [2.75, 3.05) is 20.4 Å². The lowest BCUT2D eigenvalue weighted by Crippen LogP contribution is -2.42. The van der Waals surface area contributed by atoms with Gasteiger partial charge in [0, 0.05) is 24.9 Å². The van der Waals surface area contributed by atoms with Crippen molar-refractivity contribution < 1.29 is 19.4 Å². The summed E-state index contributed by atoms with van der Waals surface area (Å²) in [6, 6.07) is 5.86. The van der Waals surface area contributed by atoms with E-state index in [1.54, 1.807) is 30.8 Å². The number of benzene rings is 1. The van der Waals surface area contributed by atoms with Crippen LogP contribution in [0.2, 0.25) is 0 Å². The first-order valence-electron chi connectivity index (χ1n) is 7.60. The number of carboxylic acid groups (broad SMARTS) is 1. The molecule has 1 aromatic rings. The standard InChI is InChI=1S/C17H23NO4S/c1-18(15(19)10-17(16(20)21)7-4-8-17)11-12-5-6-14(23-3)13(9-12)22-2/h5-6,9H,4,7-8,10-11H2,1-3H3,(H,20,21). The second kappa shape index (κ2) is 7.25. The van der Waals surface area contributed by atoms with E-state index in [1.807, 2.05) is 24.5 Å². The van der Waals surface area contributed by atoms with Crippen LogP contribution in [0.25, 0.3) is 0 Å². The molecule has 0 aliphatic heterocycles. The van der Waals surface area contributed by atoms with Crippen LogP contribution in [0.5, 0.6) is 5.75 Å². The van der Waals surface area contributed by atoms with Crippen molar-refractivity contribution in [3.63, 3.8) is 0 Å². The highest BCUT2D eigenvalue weighted by atomic mass is 32.2. The predicted octanol–water partition coefficient (Wildman–Crippen LogP) is 3.02. The Kier molecular flexibility index (Phi) is 5.57. The molecule has 6 heteroatoms. The molecule has 23 heavy (non-hydrogen) atoms. The molecule has 1 saturated carbocycles. The Morgan fingerprint density at radius 1 is 1.39 bits per heavy atom. The normalized spacial score (nSPS) is 15.6. The van der Waals surface area contributed by atoms with Crippen molar-refractivity contribution in [3.05, 3.63) is 23.8 Å². The fraction of sp³-hybridized carbons (Fsp3) is 0.529. The van der Waals surface area contributed by atoms with Crippen LogP contribution < -0.4 is 4.74 Å². The van der Waals surface area contributed by atoms with Gasteiger partial charge in [-0.15, -0.1) is 11.8 Å². The van der Waals surface area contributed by atoms with E-state index in [4.69, 9.17) is 4.74 Å². The lowest BCUT2D eigenvalue weighted by atomic mass is 9.66. The Balaban J connectivity index is 2.02. The summed E-state index contributed by atoms with van der Waals surface area (Å²) in [6.45, 7) is 0.444. The van der Waals surface area contributed by atoms with Gasteiger partial charge in [-0.2, -0.15) is 0 Å². The van der Waals surface area contributed by atoms with Crippen molar-refractivity contribution in [2.24, 2.45) is 5.41 Å². The van der Waals surface area contributed by atoms with Gasteiger partial charge < -0.3 is 14.7 Å². The van der Waals surface area contributed by atoms with E-state index < -0.39 is 11.4 Å². The largest absolute Gasteiger partial charge is 0.496 e. The van der Waals surface area contributed by atoms with Gasteiger partial charge in [0.2, 0.25) is 5.91 Å². The van der Waals surface area contributed by atoms with E-state index in [0.717, 1.165) is 22.6 Å². The van der Waals surface area contributed by atoms with E-state index in [9.17, 15) is 14.7 Å². The first kappa shape index (κ1) is 17.7. The molecule has 0 atom stereocenters. The molecule has 1 aromatic carbocycles. The van der Waals surface area contributed by atoms with Crippen LogP contribution in [0.4, 0.5) is 0 Å². The molecule has 0 unspecified atom stereocenters. The number of ether oxygens (including phenoxy) is 1. The zero-order chi connectivity index (χ0) is 17.0. The van der Waals surface area contributed by atoms with Crippen LogP contribution in [0.1, 0.15) is 31.2 Å². The SMILES string of the molecule is COc1cc(CN(C)C(=O)CC2(C(=O)O)CCC2)ccc1SC. The van der Waals surface area contributed by atoms with Gasteiger partial charge in [0.05, 0.1) is 12.5 Å². The second-order valence-corrected chi connectivity index (χ2v) is 6.90. The number of rotatable bonds is 7. The lowest BCUT2D eigenvalue weighted by molar-refractivity contribution is -0.159. The molecule has 0 heterocycles. The minimum atomic E-state index is -0.850. The third-order valence-corrected chi connectivity index (χ3v) is 5.32. The molecule has 0 saturated heterocycles. The Hall–Kier alpha value is -1.69. The molecule has 0 bridgehead atoms. The minimum Gasteiger partial charge on any atom is -0.496 e. The topological polar surface area (TPSA) is 66.8 Å². The van der Waals surface area contributed by atoms with Crippen molar-refractivity contribution in [3.8, 4) is 5.75 Å². The summed E-state index contributed by atoms with van der Waals surface area (Å²) in [4.78, 5) is 26.4. The van der Waals surface area contributed by atoms with Crippen LogP contribution in [0.3, 0.4) is 0 Å². The zero-order valence-electron chi connectivity index (χ0n) is 13.8. The van der Waals surface area contributed by atoms with Gasteiger partial charge >= 0.3 is 5.97 Å². The van der Waals surface area contributed by atoms with Crippen molar-refractivity contribution >= 4 is 23.6 Å². The summed E-state index contributed by atoms with van der Waals surface area (Å²) in [7, 11) is 3.34. The van der Waals surface area contributed by atoms with Gasteiger partial charge in [-0.1, -0.05) is 12.5 Å². The molecule has 5 nitrogen and oxygen atoms in total. The highest BCUT2D eigenvalue weighted by molar-refractivity contribution is 7.98. The summed E-state index contributed by atoms with van der Waals surface area (Å²) in [5, 5.41) is 9.34. The Labute approximate surface area is 141 Å². The van der Waals surface area contributed by atoms with E-state index in [2.05, 4.69) is 0 Å². The maximum atomic E-state index is 12.4. The molecule has 0 spiro atoms. The van der Waals surface area contributed by atoms with Gasteiger partial charge in [-0.05, 0) is 36.8 Å². The average Bonchev–Trinajstić information content (AvgIpc) is 2.49. The lowest BCUT2D eigenvalue weighted by Gasteiger charge is -2.38. The van der Waals surface area contributed by atoms with Gasteiger partial charge in [-0.25, -0.2) is 0 Å². The first-order valence-corrected chi connectivity index (χ1v) is 8.82. The minimum absolute atomic E-state index is 0.0822. The Bertz CT molecular complexity index is 598. The van der Waals surface area contributed by atoms with Crippen LogP contribution in [0, 0.1) is 5.41 Å². The smallest absolute Gasteiger partial charge is 0.310 e. The van der Waals surface area contributed by atoms with E-state index in [1.165, 1.54) is 0 Å². The Morgan fingerprint density at radius 2 is 2.09 bits per heavy atom. The monoisotopic (exact) mass is 337 g/mol. The van der Waals surface area contributed by atoms with E-state index >= 15 is 0 Å². The maximum Gasteiger partial charge on any atom is 0.310 e. The van der Waals surface area contributed by atoms with Gasteiger partial charge in [-0.3, -0.25) is 9.59 Å². The van der Waals surface area contributed by atoms with Gasteiger partial charge in [0.1, 0.15) is 5.75 Å². The van der Waals surface area contributed by atoms with E-state index in [-0.39, 0.29) is 12.3 Å². The quantitative estimate of drug-likeness (QED) is 0.775. The summed E-state index contributed by atoms with van der Waals surface area (Å²) in [6.07, 6.45) is 4.14. The van der Waals surface area contributed by atoms with Crippen LogP contribution in [0.15, 0.2) is 23.1 Å². The fourth-order valence-electron chi connectivity index (χ4n) is 2.84. The van der Waals surface area contributed by atoms with Gasteiger partial charge in [0.25, 0.3) is 0 Å².